The molecule has 0 amide bonds. The Morgan fingerprint density at radius 2 is 1.28 bits per heavy atom. The Labute approximate surface area is 178 Å². The number of rotatable bonds is 7. The molecule has 0 spiro atoms. The van der Waals surface area contributed by atoms with Crippen molar-refractivity contribution in [2.45, 2.75) is 5.41 Å². The molecule has 0 bridgehead atoms. The summed E-state index contributed by atoms with van der Waals surface area (Å²) in [6, 6.07) is 18.5. The molecule has 0 radical (unpaired) electrons. The molecule has 4 heteroatoms. The molecule has 1 aliphatic heterocycles. The van der Waals surface area contributed by atoms with Crippen LogP contribution in [-0.4, -0.2) is 6.98 Å². The molecule has 2 aromatic rings. The van der Waals surface area contributed by atoms with Crippen LogP contribution in [0.3, 0.4) is 0 Å². The highest BCUT2D eigenvalue weighted by atomic mass is 32.2. The molecule has 0 saturated heterocycles. The summed E-state index contributed by atoms with van der Waals surface area (Å²) in [7, 11) is 0. The summed E-state index contributed by atoms with van der Waals surface area (Å²) < 4.78 is 0. The van der Waals surface area contributed by atoms with Gasteiger partial charge in [0.2, 0.25) is 0 Å². The van der Waals surface area contributed by atoms with Crippen molar-refractivity contribution in [3.63, 3.8) is 0 Å². The van der Waals surface area contributed by atoms with Gasteiger partial charge in [0, 0.05) is 9.81 Å². The molecule has 0 fully saturated rings. The Balaban J connectivity index is 2.55. The van der Waals surface area contributed by atoms with E-state index in [1.807, 2.05) is 54.6 Å². The van der Waals surface area contributed by atoms with E-state index in [2.05, 4.69) is 50.6 Å². The lowest BCUT2D eigenvalue weighted by Crippen LogP contribution is -2.49. The maximum absolute atomic E-state index is 6.01. The standard InChI is InChI=1S/C25H25BN2S/c1-5-21-23(7-3)29-24(8-4)22(6-2)25(21,18-13-10-9-11-14-18)19-15-12-16-20(17-19)26(27)28/h5-17H,1-4,27-28H2. The molecule has 0 aromatic heterocycles. The lowest BCUT2D eigenvalue weighted by Gasteiger charge is -2.42. The van der Waals surface area contributed by atoms with Crippen molar-refractivity contribution in [1.82, 2.24) is 0 Å². The van der Waals surface area contributed by atoms with Crippen LogP contribution in [0.4, 0.5) is 0 Å². The molecule has 0 saturated carbocycles. The highest BCUT2D eigenvalue weighted by molar-refractivity contribution is 8.07. The average Bonchev–Trinajstić information content (AvgIpc) is 2.77. The number of allylic oxidation sites excluding steroid dienone is 6. The fraction of sp³-hybridized carbons (Fsp3) is 0.0400. The second kappa shape index (κ2) is 8.70. The second-order valence-electron chi connectivity index (χ2n) is 6.74. The molecule has 0 unspecified atom stereocenters. The third-order valence-corrected chi connectivity index (χ3v) is 6.46. The minimum atomic E-state index is -0.631. The summed E-state index contributed by atoms with van der Waals surface area (Å²) in [5.74, 6) is 0. The molecule has 144 valence electrons. The molecule has 4 N–H and O–H groups in total. The van der Waals surface area contributed by atoms with Crippen molar-refractivity contribution >= 4 is 24.2 Å². The Hall–Kier alpha value is -2.79. The summed E-state index contributed by atoms with van der Waals surface area (Å²) >= 11 is 1.63. The predicted molar refractivity (Wildman–Crippen MR) is 130 cm³/mol. The van der Waals surface area contributed by atoms with E-state index in [0.717, 1.165) is 37.5 Å². The van der Waals surface area contributed by atoms with Crippen LogP contribution in [0.5, 0.6) is 0 Å². The average molecular weight is 396 g/mol. The van der Waals surface area contributed by atoms with E-state index in [9.17, 15) is 0 Å². The van der Waals surface area contributed by atoms with E-state index in [0.29, 0.717) is 0 Å². The highest BCUT2D eigenvalue weighted by Gasteiger charge is 2.44. The third kappa shape index (κ3) is 3.40. The van der Waals surface area contributed by atoms with E-state index < -0.39 is 12.4 Å². The van der Waals surface area contributed by atoms with Gasteiger partial charge < -0.3 is 11.3 Å². The van der Waals surface area contributed by atoms with Gasteiger partial charge in [0.15, 0.2) is 0 Å². The van der Waals surface area contributed by atoms with Crippen molar-refractivity contribution in [2.24, 2.45) is 11.3 Å². The summed E-state index contributed by atoms with van der Waals surface area (Å²) in [4.78, 5) is 2.07. The summed E-state index contributed by atoms with van der Waals surface area (Å²) in [5.41, 5.74) is 16.5. The van der Waals surface area contributed by atoms with E-state index in [1.165, 1.54) is 0 Å². The van der Waals surface area contributed by atoms with Gasteiger partial charge in [-0.2, -0.15) is 0 Å². The molecule has 1 heterocycles. The largest absolute Gasteiger partial charge is 0.352 e. The molecular weight excluding hydrogens is 371 g/mol. The zero-order valence-corrected chi connectivity index (χ0v) is 17.3. The van der Waals surface area contributed by atoms with E-state index in [1.54, 1.807) is 11.8 Å². The third-order valence-electron chi connectivity index (χ3n) is 5.25. The van der Waals surface area contributed by atoms with Crippen LogP contribution in [0, 0.1) is 0 Å². The van der Waals surface area contributed by atoms with Crippen LogP contribution >= 0.6 is 11.8 Å². The van der Waals surface area contributed by atoms with Gasteiger partial charge in [0.1, 0.15) is 0 Å². The Kier molecular flexibility index (Phi) is 6.28. The maximum Gasteiger partial charge on any atom is 0.335 e. The zero-order valence-electron chi connectivity index (χ0n) is 16.5. The number of hydrogen-bond acceptors (Lipinski definition) is 3. The van der Waals surface area contributed by atoms with Gasteiger partial charge in [0.05, 0.1) is 5.41 Å². The van der Waals surface area contributed by atoms with Crippen molar-refractivity contribution < 1.29 is 0 Å². The highest BCUT2D eigenvalue weighted by Crippen LogP contribution is 2.55. The first-order chi connectivity index (χ1) is 14.0. The van der Waals surface area contributed by atoms with Crippen molar-refractivity contribution in [3.8, 4) is 0 Å². The van der Waals surface area contributed by atoms with E-state index >= 15 is 0 Å². The maximum atomic E-state index is 6.01. The smallest absolute Gasteiger partial charge is 0.335 e. The fourth-order valence-corrected chi connectivity index (χ4v) is 5.11. The predicted octanol–water partition coefficient (Wildman–Crippen LogP) is 4.58. The fourth-order valence-electron chi connectivity index (χ4n) is 4.01. The van der Waals surface area contributed by atoms with Crippen molar-refractivity contribution in [2.75, 3.05) is 0 Å². The second-order valence-corrected chi connectivity index (χ2v) is 7.83. The molecular formula is C25H25BN2S. The van der Waals surface area contributed by atoms with Crippen LogP contribution in [0.25, 0.3) is 0 Å². The number of hydrogen-bond donors (Lipinski definition) is 2. The normalized spacial score (nSPS) is 15.7. The first-order valence-electron chi connectivity index (χ1n) is 9.38. The summed E-state index contributed by atoms with van der Waals surface area (Å²) in [6.07, 6.45) is 7.58. The van der Waals surface area contributed by atoms with Gasteiger partial charge in [-0.1, -0.05) is 117 Å². The van der Waals surface area contributed by atoms with Gasteiger partial charge in [-0.05, 0) is 27.7 Å². The van der Waals surface area contributed by atoms with Crippen molar-refractivity contribution in [3.05, 3.63) is 137 Å². The van der Waals surface area contributed by atoms with E-state index in [-0.39, 0.29) is 0 Å². The Morgan fingerprint density at radius 3 is 1.76 bits per heavy atom. The van der Waals surface area contributed by atoms with Gasteiger partial charge in [0.25, 0.3) is 0 Å². The van der Waals surface area contributed by atoms with Gasteiger partial charge >= 0.3 is 6.98 Å². The van der Waals surface area contributed by atoms with Crippen LogP contribution < -0.4 is 16.8 Å². The summed E-state index contributed by atoms with van der Waals surface area (Å²) in [6.45, 7) is 15.8. The molecule has 2 nitrogen and oxygen atoms in total. The van der Waals surface area contributed by atoms with Gasteiger partial charge in [-0.25, -0.2) is 0 Å². The number of thioether (sulfide) groups is 1. The number of nitrogens with two attached hydrogens (primary N) is 2. The molecule has 1 aliphatic rings. The monoisotopic (exact) mass is 396 g/mol. The zero-order chi connectivity index (χ0) is 21.0. The lowest BCUT2D eigenvalue weighted by molar-refractivity contribution is 0.738. The quantitative estimate of drug-likeness (QED) is 0.674. The molecule has 2 aromatic carbocycles. The van der Waals surface area contributed by atoms with Crippen molar-refractivity contribution in [1.29, 1.82) is 0 Å². The van der Waals surface area contributed by atoms with Crippen LogP contribution in [0.2, 0.25) is 0 Å². The van der Waals surface area contributed by atoms with Crippen LogP contribution in [-0.2, 0) is 5.41 Å². The first kappa shape index (κ1) is 20.9. The molecule has 0 aliphatic carbocycles. The summed E-state index contributed by atoms with van der Waals surface area (Å²) in [5, 5.41) is 0. The van der Waals surface area contributed by atoms with Gasteiger partial charge in [-0.15, -0.1) is 0 Å². The Morgan fingerprint density at radius 1 is 0.724 bits per heavy atom. The minimum Gasteiger partial charge on any atom is -0.352 e. The van der Waals surface area contributed by atoms with Gasteiger partial charge in [-0.3, -0.25) is 0 Å². The van der Waals surface area contributed by atoms with Crippen LogP contribution in [0.1, 0.15) is 11.1 Å². The SMILES string of the molecule is C=CC1=C(C=C)C(c2ccccc2)(c2cccc(B(N)N)c2)C(C=C)=C(C=C)S1. The lowest BCUT2D eigenvalue weighted by atomic mass is 9.61. The van der Waals surface area contributed by atoms with Crippen LogP contribution in [0.15, 0.2) is 126 Å². The minimum absolute atomic E-state index is 0.564. The topological polar surface area (TPSA) is 52.0 Å². The Bertz CT molecular complexity index is 996. The molecule has 0 atom stereocenters. The molecule has 3 rings (SSSR count). The first-order valence-corrected chi connectivity index (χ1v) is 10.2. The van der Waals surface area contributed by atoms with E-state index in [4.69, 9.17) is 11.3 Å². The number of benzene rings is 2. The molecule has 29 heavy (non-hydrogen) atoms.